The van der Waals surface area contributed by atoms with E-state index in [9.17, 15) is 9.18 Å². The molecular weight excluding hydrogens is 259 g/mol. The predicted molar refractivity (Wildman–Crippen MR) is 74.1 cm³/mol. The van der Waals surface area contributed by atoms with E-state index in [-0.39, 0.29) is 11.6 Å². The van der Waals surface area contributed by atoms with E-state index in [0.717, 1.165) is 0 Å². The van der Waals surface area contributed by atoms with Gasteiger partial charge in [-0.2, -0.15) is 0 Å². The first-order valence-corrected chi connectivity index (χ1v) is 6.10. The Morgan fingerprint density at radius 1 is 1.05 bits per heavy atom. The maximum absolute atomic E-state index is 13.3. The Labute approximate surface area is 117 Å². The van der Waals surface area contributed by atoms with Gasteiger partial charge in [0.1, 0.15) is 22.9 Å². The molecule has 0 aliphatic carbocycles. The van der Waals surface area contributed by atoms with Crippen LogP contribution in [0.15, 0.2) is 36.4 Å². The second kappa shape index (κ2) is 5.74. The molecule has 0 spiro atoms. The standard InChI is InChI=1S/C16H15FO3/c1-10-9-11(7-8-12(10)17)16(18)15-13(19-2)5-4-6-14(15)20-3/h4-9H,1-3H3. The summed E-state index contributed by atoms with van der Waals surface area (Å²) in [6.07, 6.45) is 0. The fourth-order valence-electron chi connectivity index (χ4n) is 2.01. The van der Waals surface area contributed by atoms with Gasteiger partial charge in [-0.15, -0.1) is 0 Å². The molecule has 20 heavy (non-hydrogen) atoms. The van der Waals surface area contributed by atoms with E-state index in [4.69, 9.17) is 9.47 Å². The molecule has 0 amide bonds. The summed E-state index contributed by atoms with van der Waals surface area (Å²) in [4.78, 5) is 12.6. The Morgan fingerprint density at radius 3 is 2.15 bits per heavy atom. The van der Waals surface area contributed by atoms with Gasteiger partial charge in [0.05, 0.1) is 14.2 Å². The smallest absolute Gasteiger partial charge is 0.200 e. The highest BCUT2D eigenvalue weighted by atomic mass is 19.1. The molecule has 2 aromatic carbocycles. The average Bonchev–Trinajstić information content (AvgIpc) is 2.48. The molecule has 0 heterocycles. The van der Waals surface area contributed by atoms with Crippen LogP contribution in [-0.2, 0) is 0 Å². The molecule has 0 bridgehead atoms. The van der Waals surface area contributed by atoms with Crippen molar-refractivity contribution < 1.29 is 18.7 Å². The van der Waals surface area contributed by atoms with Crippen LogP contribution in [0.4, 0.5) is 4.39 Å². The van der Waals surface area contributed by atoms with Gasteiger partial charge in [-0.3, -0.25) is 4.79 Å². The first kappa shape index (κ1) is 14.1. The molecule has 3 nitrogen and oxygen atoms in total. The number of hydrogen-bond donors (Lipinski definition) is 0. The molecule has 0 unspecified atom stereocenters. The normalized spacial score (nSPS) is 10.2. The van der Waals surface area contributed by atoms with E-state index in [1.54, 1.807) is 25.1 Å². The van der Waals surface area contributed by atoms with Crippen molar-refractivity contribution in [1.82, 2.24) is 0 Å². The van der Waals surface area contributed by atoms with Gasteiger partial charge < -0.3 is 9.47 Å². The van der Waals surface area contributed by atoms with Gasteiger partial charge in [0.15, 0.2) is 0 Å². The molecule has 104 valence electrons. The van der Waals surface area contributed by atoms with Crippen LogP contribution in [-0.4, -0.2) is 20.0 Å². The molecule has 0 radical (unpaired) electrons. The molecule has 2 rings (SSSR count). The molecule has 4 heteroatoms. The van der Waals surface area contributed by atoms with E-state index >= 15 is 0 Å². The highest BCUT2D eigenvalue weighted by Crippen LogP contribution is 2.30. The highest BCUT2D eigenvalue weighted by molar-refractivity contribution is 6.12. The Balaban J connectivity index is 2.55. The predicted octanol–water partition coefficient (Wildman–Crippen LogP) is 3.38. The molecule has 0 saturated heterocycles. The van der Waals surface area contributed by atoms with Gasteiger partial charge in [0, 0.05) is 5.56 Å². The lowest BCUT2D eigenvalue weighted by atomic mass is 10.00. The van der Waals surface area contributed by atoms with Crippen molar-refractivity contribution in [2.75, 3.05) is 14.2 Å². The van der Waals surface area contributed by atoms with Gasteiger partial charge in [-0.1, -0.05) is 6.07 Å². The van der Waals surface area contributed by atoms with Crippen molar-refractivity contribution >= 4 is 5.78 Å². The second-order valence-corrected chi connectivity index (χ2v) is 4.33. The van der Waals surface area contributed by atoms with Gasteiger partial charge >= 0.3 is 0 Å². The molecule has 0 aromatic heterocycles. The third kappa shape index (κ3) is 2.50. The van der Waals surface area contributed by atoms with Crippen LogP contribution in [0.5, 0.6) is 11.5 Å². The number of carbonyl (C=O) groups excluding carboxylic acids is 1. The molecule has 0 aliphatic rings. The summed E-state index contributed by atoms with van der Waals surface area (Å²) < 4.78 is 23.7. The molecule has 2 aromatic rings. The van der Waals surface area contributed by atoms with Gasteiger partial charge in [0.2, 0.25) is 5.78 Å². The number of methoxy groups -OCH3 is 2. The topological polar surface area (TPSA) is 35.5 Å². The third-order valence-electron chi connectivity index (χ3n) is 3.08. The zero-order valence-corrected chi connectivity index (χ0v) is 11.6. The quantitative estimate of drug-likeness (QED) is 0.802. The van der Waals surface area contributed by atoms with Crippen LogP contribution in [0.1, 0.15) is 21.5 Å². The molecule has 0 fully saturated rings. The SMILES string of the molecule is COc1cccc(OC)c1C(=O)c1ccc(F)c(C)c1. The van der Waals surface area contributed by atoms with Crippen LogP contribution >= 0.6 is 0 Å². The number of hydrogen-bond acceptors (Lipinski definition) is 3. The van der Waals surface area contributed by atoms with Crippen molar-refractivity contribution in [3.05, 3.63) is 58.9 Å². The Kier molecular flexibility index (Phi) is 4.03. The number of carbonyl (C=O) groups is 1. The first-order chi connectivity index (χ1) is 9.58. The van der Waals surface area contributed by atoms with Gasteiger partial charge in [-0.25, -0.2) is 4.39 Å². The minimum absolute atomic E-state index is 0.262. The number of benzene rings is 2. The van der Waals surface area contributed by atoms with Crippen molar-refractivity contribution in [2.45, 2.75) is 6.92 Å². The van der Waals surface area contributed by atoms with Crippen molar-refractivity contribution in [2.24, 2.45) is 0 Å². The largest absolute Gasteiger partial charge is 0.496 e. The lowest BCUT2D eigenvalue weighted by Gasteiger charge is -2.12. The van der Waals surface area contributed by atoms with Crippen LogP contribution in [0.2, 0.25) is 0 Å². The lowest BCUT2D eigenvalue weighted by molar-refractivity contribution is 0.103. The summed E-state index contributed by atoms with van der Waals surface area (Å²) in [6, 6.07) is 9.37. The zero-order valence-electron chi connectivity index (χ0n) is 11.6. The Morgan fingerprint density at radius 2 is 1.65 bits per heavy atom. The molecular formula is C16H15FO3. The minimum atomic E-state index is -0.339. The summed E-state index contributed by atoms with van der Waals surface area (Å²) in [5.41, 5.74) is 1.15. The number of aryl methyl sites for hydroxylation is 1. The van der Waals surface area contributed by atoms with E-state index in [1.807, 2.05) is 0 Å². The number of ketones is 1. The summed E-state index contributed by atoms with van der Waals surface area (Å²) in [5, 5.41) is 0. The molecule has 0 saturated carbocycles. The monoisotopic (exact) mass is 274 g/mol. The average molecular weight is 274 g/mol. The van der Waals surface area contributed by atoms with Crippen LogP contribution < -0.4 is 9.47 Å². The number of halogens is 1. The van der Waals surface area contributed by atoms with Crippen LogP contribution in [0.3, 0.4) is 0 Å². The maximum atomic E-state index is 13.3. The third-order valence-corrected chi connectivity index (χ3v) is 3.08. The van der Waals surface area contributed by atoms with Gasteiger partial charge in [-0.05, 0) is 42.8 Å². The maximum Gasteiger partial charge on any atom is 0.200 e. The Bertz CT molecular complexity index is 628. The van der Waals surface area contributed by atoms with Gasteiger partial charge in [0.25, 0.3) is 0 Å². The van der Waals surface area contributed by atoms with Crippen LogP contribution in [0.25, 0.3) is 0 Å². The van der Waals surface area contributed by atoms with E-state index in [2.05, 4.69) is 0 Å². The zero-order chi connectivity index (χ0) is 14.7. The Hall–Kier alpha value is -2.36. The fraction of sp³-hybridized carbons (Fsp3) is 0.188. The highest BCUT2D eigenvalue weighted by Gasteiger charge is 2.20. The van der Waals surface area contributed by atoms with Crippen molar-refractivity contribution in [1.29, 1.82) is 0 Å². The second-order valence-electron chi connectivity index (χ2n) is 4.33. The fourth-order valence-corrected chi connectivity index (χ4v) is 2.01. The van der Waals surface area contributed by atoms with Crippen molar-refractivity contribution in [3.63, 3.8) is 0 Å². The van der Waals surface area contributed by atoms with Crippen LogP contribution in [0, 0.1) is 12.7 Å². The summed E-state index contributed by atoms with van der Waals surface area (Å²) in [7, 11) is 2.98. The molecule has 0 N–H and O–H groups in total. The van der Waals surface area contributed by atoms with E-state index in [0.29, 0.717) is 28.2 Å². The number of ether oxygens (including phenoxy) is 2. The van der Waals surface area contributed by atoms with E-state index in [1.165, 1.54) is 32.4 Å². The molecule has 0 atom stereocenters. The number of rotatable bonds is 4. The molecule has 0 aliphatic heterocycles. The first-order valence-electron chi connectivity index (χ1n) is 6.10. The lowest BCUT2D eigenvalue weighted by Crippen LogP contribution is -2.07. The summed E-state index contributed by atoms with van der Waals surface area (Å²) in [6.45, 7) is 1.62. The summed E-state index contributed by atoms with van der Waals surface area (Å²) >= 11 is 0. The minimum Gasteiger partial charge on any atom is -0.496 e. The summed E-state index contributed by atoms with van der Waals surface area (Å²) in [5.74, 6) is 0.253. The van der Waals surface area contributed by atoms with E-state index < -0.39 is 0 Å². The van der Waals surface area contributed by atoms with Crippen molar-refractivity contribution in [3.8, 4) is 11.5 Å².